The predicted octanol–water partition coefficient (Wildman–Crippen LogP) is 3.38. The number of nitrogens with one attached hydrogen (secondary N) is 2. The Morgan fingerprint density at radius 3 is 2.38 bits per heavy atom. The molecule has 3 rings (SSSR count). The Labute approximate surface area is 199 Å². The fourth-order valence-corrected chi connectivity index (χ4v) is 4.81. The van der Waals surface area contributed by atoms with Crippen LogP contribution in [0.3, 0.4) is 0 Å². The van der Waals surface area contributed by atoms with E-state index in [0.29, 0.717) is 24.3 Å². The molecule has 180 valence electrons. The van der Waals surface area contributed by atoms with E-state index in [0.717, 1.165) is 19.3 Å². The van der Waals surface area contributed by atoms with Crippen molar-refractivity contribution in [3.05, 3.63) is 54.1 Å². The number of nitriles is 1. The minimum Gasteiger partial charge on any atom is -0.497 e. The lowest BCUT2D eigenvalue weighted by Gasteiger charge is -2.32. The molecule has 1 aliphatic carbocycles. The summed E-state index contributed by atoms with van der Waals surface area (Å²) in [5.74, 6) is -0.837. The Bertz CT molecular complexity index is 1180. The predicted molar refractivity (Wildman–Crippen MR) is 125 cm³/mol. The summed E-state index contributed by atoms with van der Waals surface area (Å²) in [7, 11) is -2.47. The molecule has 2 aromatic rings. The molecule has 1 atom stereocenters. The highest BCUT2D eigenvalue weighted by Gasteiger charge is 2.35. The first-order chi connectivity index (χ1) is 16.2. The Morgan fingerprint density at radius 1 is 1.09 bits per heavy atom. The van der Waals surface area contributed by atoms with Crippen molar-refractivity contribution in [1.82, 2.24) is 5.32 Å². The van der Waals surface area contributed by atoms with Crippen molar-refractivity contribution in [3.8, 4) is 11.8 Å². The Kier molecular flexibility index (Phi) is 7.79. The molecule has 1 saturated carbocycles. The van der Waals surface area contributed by atoms with Gasteiger partial charge in [0, 0.05) is 5.69 Å². The van der Waals surface area contributed by atoms with Gasteiger partial charge in [-0.05, 0) is 62.2 Å². The maximum absolute atomic E-state index is 12.8. The Hall–Kier alpha value is -3.58. The van der Waals surface area contributed by atoms with Crippen LogP contribution < -0.4 is 14.8 Å². The van der Waals surface area contributed by atoms with Gasteiger partial charge in [0.1, 0.15) is 11.3 Å². The number of carbonyl (C=O) groups excluding carboxylic acids is 2. The van der Waals surface area contributed by atoms with Crippen LogP contribution in [0.5, 0.6) is 5.75 Å². The lowest BCUT2D eigenvalue weighted by atomic mass is 9.83. The Balaban J connectivity index is 1.67. The van der Waals surface area contributed by atoms with Gasteiger partial charge in [-0.3, -0.25) is 9.52 Å². The number of sulfonamides is 1. The summed E-state index contributed by atoms with van der Waals surface area (Å²) < 4.78 is 38.3. The number of ether oxygens (including phenoxy) is 2. The van der Waals surface area contributed by atoms with Crippen molar-refractivity contribution < 1.29 is 27.5 Å². The third kappa shape index (κ3) is 6.05. The van der Waals surface area contributed by atoms with E-state index in [1.165, 1.54) is 38.3 Å². The largest absolute Gasteiger partial charge is 0.497 e. The van der Waals surface area contributed by atoms with Crippen LogP contribution in [-0.4, -0.2) is 39.0 Å². The molecule has 34 heavy (non-hydrogen) atoms. The van der Waals surface area contributed by atoms with Crippen LogP contribution in [0.1, 0.15) is 49.4 Å². The van der Waals surface area contributed by atoms with Crippen LogP contribution in [0.25, 0.3) is 0 Å². The summed E-state index contributed by atoms with van der Waals surface area (Å²) in [6, 6.07) is 13.8. The number of amides is 1. The third-order valence-electron chi connectivity index (χ3n) is 5.66. The number of rotatable bonds is 8. The van der Waals surface area contributed by atoms with Gasteiger partial charge in [-0.2, -0.15) is 5.26 Å². The standard InChI is InChI=1S/C24H27N3O6S/c1-17(22(28)26-24(16-25)13-4-3-5-14-24)33-23(29)18-7-6-8-21(15-18)34(30,31)27-19-9-11-20(32-2)12-10-19/h6-12,15,17,27H,3-5,13-14H2,1-2H3,(H,26,28). The van der Waals surface area contributed by atoms with E-state index in [2.05, 4.69) is 16.1 Å². The van der Waals surface area contributed by atoms with Crippen molar-refractivity contribution in [2.45, 2.75) is 55.6 Å². The van der Waals surface area contributed by atoms with Gasteiger partial charge >= 0.3 is 5.97 Å². The smallest absolute Gasteiger partial charge is 0.338 e. The zero-order chi connectivity index (χ0) is 24.8. The normalized spacial score (nSPS) is 15.9. The van der Waals surface area contributed by atoms with Gasteiger partial charge in [-0.15, -0.1) is 0 Å². The SMILES string of the molecule is COc1ccc(NS(=O)(=O)c2cccc(C(=O)OC(C)C(=O)NC3(C#N)CCCCC3)c2)cc1. The molecule has 1 amide bonds. The van der Waals surface area contributed by atoms with Crippen LogP contribution in [0.2, 0.25) is 0 Å². The zero-order valence-electron chi connectivity index (χ0n) is 19.0. The monoisotopic (exact) mass is 485 g/mol. The van der Waals surface area contributed by atoms with Crippen molar-refractivity contribution in [2.24, 2.45) is 0 Å². The minimum atomic E-state index is -3.98. The number of hydrogen-bond acceptors (Lipinski definition) is 7. The van der Waals surface area contributed by atoms with E-state index in [4.69, 9.17) is 9.47 Å². The molecule has 0 bridgehead atoms. The second-order valence-electron chi connectivity index (χ2n) is 8.15. The average molecular weight is 486 g/mol. The number of carbonyl (C=O) groups is 2. The van der Waals surface area contributed by atoms with E-state index in [1.54, 1.807) is 24.3 Å². The van der Waals surface area contributed by atoms with E-state index in [-0.39, 0.29) is 10.5 Å². The topological polar surface area (TPSA) is 135 Å². The molecule has 0 saturated heterocycles. The van der Waals surface area contributed by atoms with E-state index in [9.17, 15) is 23.3 Å². The first-order valence-electron chi connectivity index (χ1n) is 10.9. The van der Waals surface area contributed by atoms with Crippen molar-refractivity contribution >= 4 is 27.6 Å². The summed E-state index contributed by atoms with van der Waals surface area (Å²) >= 11 is 0. The van der Waals surface area contributed by atoms with E-state index < -0.39 is 33.5 Å². The minimum absolute atomic E-state index is 0.0232. The molecule has 2 aromatic carbocycles. The van der Waals surface area contributed by atoms with Gasteiger partial charge in [0.2, 0.25) is 0 Å². The summed E-state index contributed by atoms with van der Waals surface area (Å²) in [6.07, 6.45) is 2.64. The van der Waals surface area contributed by atoms with Crippen LogP contribution in [-0.2, 0) is 19.6 Å². The molecule has 10 heteroatoms. The molecule has 1 aliphatic rings. The maximum Gasteiger partial charge on any atom is 0.338 e. The lowest BCUT2D eigenvalue weighted by molar-refractivity contribution is -0.130. The summed E-state index contributed by atoms with van der Waals surface area (Å²) in [5.41, 5.74) is -0.643. The summed E-state index contributed by atoms with van der Waals surface area (Å²) in [4.78, 5) is 25.0. The van der Waals surface area contributed by atoms with Crippen LogP contribution in [0.4, 0.5) is 5.69 Å². The van der Waals surface area contributed by atoms with Gasteiger partial charge in [0.05, 0.1) is 23.6 Å². The average Bonchev–Trinajstić information content (AvgIpc) is 2.84. The quantitative estimate of drug-likeness (QED) is 0.547. The van der Waals surface area contributed by atoms with Gasteiger partial charge in [0.25, 0.3) is 15.9 Å². The zero-order valence-corrected chi connectivity index (χ0v) is 19.9. The number of methoxy groups -OCH3 is 1. The maximum atomic E-state index is 12.8. The van der Waals surface area contributed by atoms with Gasteiger partial charge in [-0.25, -0.2) is 13.2 Å². The second kappa shape index (κ2) is 10.6. The van der Waals surface area contributed by atoms with Crippen LogP contribution in [0, 0.1) is 11.3 Å². The number of esters is 1. The van der Waals surface area contributed by atoms with Gasteiger partial charge in [0.15, 0.2) is 6.10 Å². The second-order valence-corrected chi connectivity index (χ2v) is 9.84. The van der Waals surface area contributed by atoms with Gasteiger partial charge in [-0.1, -0.05) is 25.3 Å². The highest BCUT2D eigenvalue weighted by molar-refractivity contribution is 7.92. The Morgan fingerprint density at radius 2 is 1.76 bits per heavy atom. The molecular weight excluding hydrogens is 458 g/mol. The highest BCUT2D eigenvalue weighted by atomic mass is 32.2. The molecule has 2 N–H and O–H groups in total. The van der Waals surface area contributed by atoms with Crippen molar-refractivity contribution in [3.63, 3.8) is 0 Å². The molecule has 0 heterocycles. The van der Waals surface area contributed by atoms with E-state index in [1.807, 2.05) is 0 Å². The summed E-state index contributed by atoms with van der Waals surface area (Å²) in [5, 5.41) is 12.2. The van der Waals surface area contributed by atoms with Gasteiger partial charge < -0.3 is 14.8 Å². The number of anilines is 1. The summed E-state index contributed by atoms with van der Waals surface area (Å²) in [6.45, 7) is 1.41. The number of benzene rings is 2. The van der Waals surface area contributed by atoms with Crippen LogP contribution in [0.15, 0.2) is 53.4 Å². The number of hydrogen-bond donors (Lipinski definition) is 2. The molecule has 1 unspecified atom stereocenters. The van der Waals surface area contributed by atoms with E-state index >= 15 is 0 Å². The molecule has 9 nitrogen and oxygen atoms in total. The molecule has 0 spiro atoms. The first kappa shape index (κ1) is 25.1. The van der Waals surface area contributed by atoms with Crippen LogP contribution >= 0.6 is 0 Å². The van der Waals surface area contributed by atoms with Crippen molar-refractivity contribution in [1.29, 1.82) is 5.26 Å². The lowest BCUT2D eigenvalue weighted by Crippen LogP contribution is -2.52. The molecular formula is C24H27N3O6S. The first-order valence-corrected chi connectivity index (χ1v) is 12.4. The fraction of sp³-hybridized carbons (Fsp3) is 0.375. The molecule has 0 aliphatic heterocycles. The van der Waals surface area contributed by atoms with Crippen molar-refractivity contribution in [2.75, 3.05) is 11.8 Å². The fourth-order valence-electron chi connectivity index (χ4n) is 3.70. The number of nitrogens with zero attached hydrogens (tertiary/aromatic N) is 1. The highest BCUT2D eigenvalue weighted by Crippen LogP contribution is 2.28. The third-order valence-corrected chi connectivity index (χ3v) is 7.04. The molecule has 1 fully saturated rings. The molecule has 0 radical (unpaired) electrons. The molecule has 0 aromatic heterocycles.